The molecule has 0 saturated carbocycles. The van der Waals surface area contributed by atoms with E-state index in [1.807, 2.05) is 0 Å². The maximum Gasteiger partial charge on any atom is 0.341 e. The molecule has 0 spiro atoms. The molecule has 0 aromatic rings. The Morgan fingerprint density at radius 2 is 1.18 bits per heavy atom. The third-order valence-electron chi connectivity index (χ3n) is 2.67. The van der Waals surface area contributed by atoms with E-state index in [1.165, 1.54) is 32.1 Å². The van der Waals surface area contributed by atoms with E-state index in [9.17, 15) is 0 Å². The fourth-order valence-corrected chi connectivity index (χ4v) is 10.3. The number of halogens is 5. The molecule has 0 amide bonds. The zero-order valence-electron chi connectivity index (χ0n) is 10.3. The summed E-state index contributed by atoms with van der Waals surface area (Å²) < 4.78 is 0. The lowest BCUT2D eigenvalue weighted by Crippen LogP contribution is -2.22. The zero-order chi connectivity index (χ0) is 13.4. The summed E-state index contributed by atoms with van der Waals surface area (Å²) in [5, 5.41) is 0. The van der Waals surface area contributed by atoms with Gasteiger partial charge in [0, 0.05) is 0 Å². The quantitative estimate of drug-likeness (QED) is 0.221. The topological polar surface area (TPSA) is 0 Å². The highest BCUT2D eigenvalue weighted by molar-refractivity contribution is 7.65. The van der Waals surface area contributed by atoms with Gasteiger partial charge in [0.2, 0.25) is 0 Å². The minimum Gasteiger partial charge on any atom is -0.146 e. The lowest BCUT2D eigenvalue weighted by Gasteiger charge is -2.18. The molecule has 0 aromatic carbocycles. The Kier molecular flexibility index (Phi) is 10.8. The van der Waals surface area contributed by atoms with Crippen LogP contribution in [0.4, 0.5) is 0 Å². The van der Waals surface area contributed by atoms with Crippen LogP contribution in [0.3, 0.4) is 0 Å². The van der Waals surface area contributed by atoms with Crippen molar-refractivity contribution in [2.24, 2.45) is 0 Å². The van der Waals surface area contributed by atoms with Crippen LogP contribution >= 0.6 is 55.4 Å². The van der Waals surface area contributed by atoms with Crippen molar-refractivity contribution in [3.63, 3.8) is 0 Å². The van der Waals surface area contributed by atoms with Crippen molar-refractivity contribution in [3.05, 3.63) is 0 Å². The van der Waals surface area contributed by atoms with Gasteiger partial charge in [0.25, 0.3) is 6.69 Å². The molecule has 0 rings (SSSR count). The molecule has 0 aromatic heterocycles. The van der Waals surface area contributed by atoms with Crippen LogP contribution in [0.15, 0.2) is 0 Å². The smallest absolute Gasteiger partial charge is 0.146 e. The van der Waals surface area contributed by atoms with Gasteiger partial charge in [-0.25, -0.2) is 0 Å². The van der Waals surface area contributed by atoms with Crippen LogP contribution in [0.5, 0.6) is 0 Å². The van der Waals surface area contributed by atoms with Gasteiger partial charge in [0.1, 0.15) is 0 Å². The van der Waals surface area contributed by atoms with E-state index in [2.05, 4.69) is 6.92 Å². The molecular weight excluding hydrogens is 354 g/mol. The van der Waals surface area contributed by atoms with Crippen molar-refractivity contribution in [1.82, 2.24) is 0 Å². The van der Waals surface area contributed by atoms with Crippen LogP contribution in [0.25, 0.3) is 0 Å². The summed E-state index contributed by atoms with van der Waals surface area (Å²) >= 11 is 30.2. The summed E-state index contributed by atoms with van der Waals surface area (Å²) in [5.74, 6) is 0. The first kappa shape index (κ1) is 18.9. The summed E-state index contributed by atoms with van der Waals surface area (Å²) in [6, 6.07) is -0.316. The normalized spacial score (nSPS) is 13.1. The molecule has 0 saturated heterocycles. The lowest BCUT2D eigenvalue weighted by atomic mass is 10.1. The monoisotopic (exact) mass is 372 g/mol. The van der Waals surface area contributed by atoms with E-state index < -0.39 is 12.7 Å². The molecule has 104 valence electrons. The number of hydrogen-bond acceptors (Lipinski definition) is 0. The summed E-state index contributed by atoms with van der Waals surface area (Å²) in [6.07, 6.45) is 7.53. The average Bonchev–Trinajstić information content (AvgIpc) is 2.20. The maximum atomic E-state index is 6.33. The summed E-state index contributed by atoms with van der Waals surface area (Å²) in [4.78, 5) is 0. The third kappa shape index (κ3) is 14.1. The third-order valence-corrected chi connectivity index (χ3v) is 10.0. The van der Waals surface area contributed by atoms with Crippen molar-refractivity contribution in [3.8, 4) is 0 Å². The molecular formula is C10H21Cl5Si2. The van der Waals surface area contributed by atoms with Gasteiger partial charge >= 0.3 is 6.00 Å². The van der Waals surface area contributed by atoms with Gasteiger partial charge in [-0.2, -0.15) is 0 Å². The Hall–Kier alpha value is 1.88. The van der Waals surface area contributed by atoms with Crippen molar-refractivity contribution in [2.45, 2.75) is 63.6 Å². The highest BCUT2D eigenvalue weighted by Gasteiger charge is 2.34. The fraction of sp³-hybridized carbons (Fsp3) is 1.00. The highest BCUT2D eigenvalue weighted by atomic mass is 35.8. The molecule has 0 aliphatic carbocycles. The van der Waals surface area contributed by atoms with Gasteiger partial charge in [-0.3, -0.25) is 0 Å². The highest BCUT2D eigenvalue weighted by Crippen LogP contribution is 2.36. The van der Waals surface area contributed by atoms with E-state index in [0.29, 0.717) is 12.1 Å². The molecule has 0 aliphatic rings. The maximum absolute atomic E-state index is 6.33. The number of rotatable bonds is 10. The second kappa shape index (κ2) is 9.74. The van der Waals surface area contributed by atoms with E-state index in [4.69, 9.17) is 55.4 Å². The second-order valence-corrected chi connectivity index (χ2v) is 21.4. The largest absolute Gasteiger partial charge is 0.341 e. The van der Waals surface area contributed by atoms with Gasteiger partial charge in [-0.05, 0) is 18.1 Å². The minimum atomic E-state index is -2.55. The summed E-state index contributed by atoms with van der Waals surface area (Å²) in [6.45, 7) is 0.0626. The van der Waals surface area contributed by atoms with Gasteiger partial charge < -0.3 is 0 Å². The fourth-order valence-electron chi connectivity index (χ4n) is 1.61. The minimum absolute atomic E-state index is 0.590. The standard InChI is InChI=1S/C10H21Cl5Si2/c1-2-3-4-5-6-7-8-16(11,12)9-10-17(13,14)15/h2-10H2,1H3. The van der Waals surface area contributed by atoms with Crippen molar-refractivity contribution in [2.75, 3.05) is 0 Å². The van der Waals surface area contributed by atoms with Gasteiger partial charge in [0.15, 0.2) is 0 Å². The Morgan fingerprint density at radius 1 is 0.647 bits per heavy atom. The van der Waals surface area contributed by atoms with Crippen LogP contribution in [-0.4, -0.2) is 12.7 Å². The molecule has 0 heterocycles. The first-order valence-corrected chi connectivity index (χ1v) is 15.9. The second-order valence-electron chi connectivity index (χ2n) is 4.49. The van der Waals surface area contributed by atoms with Gasteiger partial charge in [-0.15, -0.1) is 55.4 Å². The van der Waals surface area contributed by atoms with Gasteiger partial charge in [0.05, 0.1) is 0 Å². The first-order chi connectivity index (χ1) is 7.77. The average molecular weight is 375 g/mol. The Morgan fingerprint density at radius 3 is 1.71 bits per heavy atom. The molecule has 0 N–H and O–H groups in total. The van der Waals surface area contributed by atoms with Crippen molar-refractivity contribution >= 4 is 68.1 Å². The molecule has 0 atom stereocenters. The Balaban J connectivity index is 3.57. The van der Waals surface area contributed by atoms with E-state index in [-0.39, 0.29) is 0 Å². The molecule has 0 bridgehead atoms. The molecule has 0 unspecified atom stereocenters. The molecule has 7 heteroatoms. The predicted octanol–water partition coefficient (Wildman–Crippen LogP) is 6.92. The van der Waals surface area contributed by atoms with Crippen LogP contribution in [-0.2, 0) is 0 Å². The predicted molar refractivity (Wildman–Crippen MR) is 88.6 cm³/mol. The molecule has 0 aliphatic heterocycles. The van der Waals surface area contributed by atoms with Crippen LogP contribution in [0.2, 0.25) is 18.1 Å². The lowest BCUT2D eigenvalue weighted by molar-refractivity contribution is 0.623. The Bertz CT molecular complexity index is 194. The van der Waals surface area contributed by atoms with E-state index >= 15 is 0 Å². The van der Waals surface area contributed by atoms with Crippen LogP contribution < -0.4 is 0 Å². The number of unbranched alkanes of at least 4 members (excludes halogenated alkanes) is 5. The summed E-state index contributed by atoms with van der Waals surface area (Å²) in [7, 11) is 0. The van der Waals surface area contributed by atoms with E-state index in [0.717, 1.165) is 12.5 Å². The molecule has 0 fully saturated rings. The molecule has 0 radical (unpaired) electrons. The first-order valence-electron chi connectivity index (χ1n) is 6.21. The van der Waals surface area contributed by atoms with Crippen molar-refractivity contribution in [1.29, 1.82) is 0 Å². The summed E-state index contributed by atoms with van der Waals surface area (Å²) in [5.41, 5.74) is 0. The van der Waals surface area contributed by atoms with E-state index in [1.54, 1.807) is 0 Å². The van der Waals surface area contributed by atoms with Crippen LogP contribution in [0.1, 0.15) is 45.4 Å². The Labute approximate surface area is 131 Å². The van der Waals surface area contributed by atoms with Crippen molar-refractivity contribution < 1.29 is 0 Å². The number of hydrogen-bond donors (Lipinski definition) is 0. The molecule has 0 nitrogen and oxygen atoms in total. The van der Waals surface area contributed by atoms with Crippen LogP contribution in [0, 0.1) is 0 Å². The molecule has 17 heavy (non-hydrogen) atoms. The zero-order valence-corrected chi connectivity index (χ0v) is 16.0. The SMILES string of the molecule is CCCCCCCC[Si](Cl)(Cl)CC[Si](Cl)(Cl)Cl. The van der Waals surface area contributed by atoms with Gasteiger partial charge in [-0.1, -0.05) is 45.4 Å².